The lowest BCUT2D eigenvalue weighted by atomic mass is 10.2. The molecule has 1 rings (SSSR count). The summed E-state index contributed by atoms with van der Waals surface area (Å²) in [6.45, 7) is 3.88. The Hall–Kier alpha value is -2.04. The van der Waals surface area contributed by atoms with Crippen molar-refractivity contribution < 1.29 is 9.59 Å². The van der Waals surface area contributed by atoms with Gasteiger partial charge in [0.15, 0.2) is 0 Å². The second-order valence-corrected chi connectivity index (χ2v) is 4.25. The molecule has 5 heteroatoms. The lowest BCUT2D eigenvalue weighted by molar-refractivity contribution is -0.119. The van der Waals surface area contributed by atoms with Crippen molar-refractivity contribution in [1.82, 2.24) is 5.32 Å². The van der Waals surface area contributed by atoms with Gasteiger partial charge in [-0.1, -0.05) is 19.9 Å². The SMILES string of the molecule is CNC(=O)CNc1cccc(NC(=O)C(C)C)c1. The molecular weight excluding hydrogens is 230 g/mol. The van der Waals surface area contributed by atoms with E-state index in [-0.39, 0.29) is 24.3 Å². The highest BCUT2D eigenvalue weighted by Gasteiger charge is 2.07. The number of rotatable bonds is 5. The molecule has 1 aromatic carbocycles. The zero-order valence-electron chi connectivity index (χ0n) is 10.9. The van der Waals surface area contributed by atoms with Crippen molar-refractivity contribution in [3.05, 3.63) is 24.3 Å². The minimum Gasteiger partial charge on any atom is -0.376 e. The summed E-state index contributed by atoms with van der Waals surface area (Å²) in [5.41, 5.74) is 1.51. The molecule has 0 bridgehead atoms. The Morgan fingerprint density at radius 2 is 1.89 bits per heavy atom. The van der Waals surface area contributed by atoms with Crippen LogP contribution in [-0.4, -0.2) is 25.4 Å². The van der Waals surface area contributed by atoms with Gasteiger partial charge in [0.2, 0.25) is 11.8 Å². The molecule has 0 aromatic heterocycles. The molecule has 0 aliphatic carbocycles. The van der Waals surface area contributed by atoms with E-state index in [0.717, 1.165) is 11.4 Å². The molecule has 2 amide bonds. The van der Waals surface area contributed by atoms with Crippen LogP contribution in [0.5, 0.6) is 0 Å². The van der Waals surface area contributed by atoms with Gasteiger partial charge in [-0.2, -0.15) is 0 Å². The number of likely N-dealkylation sites (N-methyl/N-ethyl adjacent to an activating group) is 1. The zero-order chi connectivity index (χ0) is 13.5. The van der Waals surface area contributed by atoms with Crippen LogP contribution in [0, 0.1) is 5.92 Å². The molecule has 0 aliphatic rings. The maximum atomic E-state index is 11.5. The van der Waals surface area contributed by atoms with Gasteiger partial charge in [-0.15, -0.1) is 0 Å². The smallest absolute Gasteiger partial charge is 0.239 e. The van der Waals surface area contributed by atoms with Crippen LogP contribution in [0.2, 0.25) is 0 Å². The van der Waals surface area contributed by atoms with Crippen LogP contribution < -0.4 is 16.0 Å². The van der Waals surface area contributed by atoms with Crippen molar-refractivity contribution in [3.8, 4) is 0 Å². The van der Waals surface area contributed by atoms with E-state index in [4.69, 9.17) is 0 Å². The minimum atomic E-state index is -0.0911. The molecule has 0 saturated carbocycles. The van der Waals surface area contributed by atoms with Crippen LogP contribution in [0.15, 0.2) is 24.3 Å². The third kappa shape index (κ3) is 4.45. The lowest BCUT2D eigenvalue weighted by Gasteiger charge is -2.10. The Balaban J connectivity index is 2.62. The van der Waals surface area contributed by atoms with Crippen molar-refractivity contribution in [1.29, 1.82) is 0 Å². The van der Waals surface area contributed by atoms with Gasteiger partial charge in [0.25, 0.3) is 0 Å². The Morgan fingerprint density at radius 3 is 2.50 bits per heavy atom. The van der Waals surface area contributed by atoms with E-state index in [2.05, 4.69) is 16.0 Å². The van der Waals surface area contributed by atoms with Crippen molar-refractivity contribution in [2.24, 2.45) is 5.92 Å². The highest BCUT2D eigenvalue weighted by atomic mass is 16.2. The van der Waals surface area contributed by atoms with Crippen LogP contribution in [0.1, 0.15) is 13.8 Å². The van der Waals surface area contributed by atoms with Crippen molar-refractivity contribution in [3.63, 3.8) is 0 Å². The van der Waals surface area contributed by atoms with Crippen LogP contribution in [0.3, 0.4) is 0 Å². The first-order valence-electron chi connectivity index (χ1n) is 5.88. The Labute approximate surface area is 107 Å². The van der Waals surface area contributed by atoms with Crippen molar-refractivity contribution >= 4 is 23.2 Å². The number of carbonyl (C=O) groups excluding carboxylic acids is 2. The molecule has 0 aliphatic heterocycles. The molecule has 0 radical (unpaired) electrons. The van der Waals surface area contributed by atoms with Gasteiger partial charge in [-0.3, -0.25) is 9.59 Å². The van der Waals surface area contributed by atoms with Gasteiger partial charge in [-0.05, 0) is 18.2 Å². The quantitative estimate of drug-likeness (QED) is 0.739. The van der Waals surface area contributed by atoms with E-state index in [1.54, 1.807) is 13.1 Å². The van der Waals surface area contributed by atoms with Crippen molar-refractivity contribution in [2.45, 2.75) is 13.8 Å². The van der Waals surface area contributed by atoms with Crippen LogP contribution >= 0.6 is 0 Å². The Morgan fingerprint density at radius 1 is 1.22 bits per heavy atom. The predicted octanol–water partition coefficient (Wildman–Crippen LogP) is 1.44. The molecule has 5 nitrogen and oxygen atoms in total. The molecule has 98 valence electrons. The molecule has 0 spiro atoms. The fourth-order valence-electron chi connectivity index (χ4n) is 1.26. The maximum absolute atomic E-state index is 11.5. The minimum absolute atomic E-state index is 0.0292. The van der Waals surface area contributed by atoms with Crippen LogP contribution in [0.4, 0.5) is 11.4 Å². The summed E-state index contributed by atoms with van der Waals surface area (Å²) >= 11 is 0. The Bertz CT molecular complexity index is 430. The number of nitrogens with one attached hydrogen (secondary N) is 3. The van der Waals surface area contributed by atoms with Gasteiger partial charge < -0.3 is 16.0 Å². The second kappa shape index (κ2) is 6.64. The molecule has 3 N–H and O–H groups in total. The normalized spacial score (nSPS) is 10.0. The van der Waals surface area contributed by atoms with E-state index in [9.17, 15) is 9.59 Å². The topological polar surface area (TPSA) is 70.2 Å². The van der Waals surface area contributed by atoms with Crippen molar-refractivity contribution in [2.75, 3.05) is 24.2 Å². The summed E-state index contributed by atoms with van der Waals surface area (Å²) in [4.78, 5) is 22.6. The fraction of sp³-hybridized carbons (Fsp3) is 0.385. The predicted molar refractivity (Wildman–Crippen MR) is 72.5 cm³/mol. The summed E-state index contributed by atoms with van der Waals surface area (Å²) in [6.07, 6.45) is 0. The van der Waals surface area contributed by atoms with Crippen LogP contribution in [0.25, 0.3) is 0 Å². The molecule has 0 heterocycles. The van der Waals surface area contributed by atoms with Crippen LogP contribution in [-0.2, 0) is 9.59 Å². The fourth-order valence-corrected chi connectivity index (χ4v) is 1.26. The first-order chi connectivity index (χ1) is 8.52. The number of carbonyl (C=O) groups is 2. The van der Waals surface area contributed by atoms with Gasteiger partial charge in [0, 0.05) is 24.3 Å². The highest BCUT2D eigenvalue weighted by Crippen LogP contribution is 2.15. The largest absolute Gasteiger partial charge is 0.376 e. The summed E-state index contributed by atoms with van der Waals surface area (Å²) in [7, 11) is 1.59. The number of hydrogen-bond acceptors (Lipinski definition) is 3. The number of anilines is 2. The maximum Gasteiger partial charge on any atom is 0.239 e. The summed E-state index contributed by atoms with van der Waals surface area (Å²) in [5, 5.41) is 8.30. The number of benzene rings is 1. The summed E-state index contributed by atoms with van der Waals surface area (Å²) in [6, 6.07) is 7.27. The molecule has 0 saturated heterocycles. The average Bonchev–Trinajstić information content (AvgIpc) is 2.36. The monoisotopic (exact) mass is 249 g/mol. The van der Waals surface area contributed by atoms with E-state index >= 15 is 0 Å². The third-order valence-corrected chi connectivity index (χ3v) is 2.39. The van der Waals surface area contributed by atoms with Gasteiger partial charge in [0.05, 0.1) is 6.54 Å². The molecule has 18 heavy (non-hydrogen) atoms. The molecule has 1 aromatic rings. The standard InChI is InChI=1S/C13H19N3O2/c1-9(2)13(18)16-11-6-4-5-10(7-11)15-8-12(17)14-3/h4-7,9,15H,8H2,1-3H3,(H,14,17)(H,16,18). The number of amides is 2. The van der Waals surface area contributed by atoms with E-state index < -0.39 is 0 Å². The first-order valence-corrected chi connectivity index (χ1v) is 5.88. The van der Waals surface area contributed by atoms with E-state index in [1.165, 1.54) is 0 Å². The lowest BCUT2D eigenvalue weighted by Crippen LogP contribution is -2.26. The molecule has 0 fully saturated rings. The van der Waals surface area contributed by atoms with E-state index in [0.29, 0.717) is 0 Å². The van der Waals surface area contributed by atoms with Gasteiger partial charge >= 0.3 is 0 Å². The third-order valence-electron chi connectivity index (χ3n) is 2.39. The molecule has 0 atom stereocenters. The Kier molecular flexibility index (Phi) is 5.17. The van der Waals surface area contributed by atoms with Gasteiger partial charge in [0.1, 0.15) is 0 Å². The summed E-state index contributed by atoms with van der Waals surface area (Å²) < 4.78 is 0. The van der Waals surface area contributed by atoms with Gasteiger partial charge in [-0.25, -0.2) is 0 Å². The average molecular weight is 249 g/mol. The summed E-state index contributed by atoms with van der Waals surface area (Å²) in [5.74, 6) is -0.183. The zero-order valence-corrected chi connectivity index (χ0v) is 10.9. The number of hydrogen-bond donors (Lipinski definition) is 3. The second-order valence-electron chi connectivity index (χ2n) is 4.25. The first kappa shape index (κ1) is 14.0. The molecule has 0 unspecified atom stereocenters. The van der Waals surface area contributed by atoms with E-state index in [1.807, 2.05) is 32.0 Å². The highest BCUT2D eigenvalue weighted by molar-refractivity contribution is 5.92. The molecular formula is C13H19N3O2.